The van der Waals surface area contributed by atoms with E-state index in [4.69, 9.17) is 4.74 Å². The lowest BCUT2D eigenvalue weighted by molar-refractivity contribution is 0.488. The number of nitrogens with zero attached hydrogens (tertiary/aromatic N) is 5. The lowest BCUT2D eigenvalue weighted by atomic mass is 9.30. The molecule has 0 fully saturated rings. The Balaban J connectivity index is 0.812. The molecule has 6 nitrogen and oxygen atoms in total. The first-order valence-corrected chi connectivity index (χ1v) is 41.0. The van der Waals surface area contributed by atoms with Crippen molar-refractivity contribution >= 4 is 226 Å². The minimum absolute atomic E-state index is 0.248. The van der Waals surface area contributed by atoms with E-state index in [-0.39, 0.29) is 13.4 Å². The Morgan fingerprint density at radius 1 is 0.257 bits per heavy atom. The summed E-state index contributed by atoms with van der Waals surface area (Å²) in [7, 11) is 0. The molecule has 0 radical (unpaired) electrons. The fourth-order valence-corrected chi connectivity index (χ4v) is 22.5. The van der Waals surface area contributed by atoms with Gasteiger partial charge in [0.15, 0.2) is 0 Å². The van der Waals surface area contributed by atoms with Gasteiger partial charge in [0.2, 0.25) is 0 Å². The molecule has 0 bridgehead atoms. The average Bonchev–Trinajstić information content (AvgIpc) is 1.07. The molecule has 0 N–H and O–H groups in total. The molecule has 526 valence electrons. The first kappa shape index (κ1) is 64.2. The molecule has 0 atom stereocenters. The molecule has 113 heavy (non-hydrogen) atoms. The first-order chi connectivity index (χ1) is 56.1. The zero-order chi connectivity index (χ0) is 73.9. The van der Waals surface area contributed by atoms with E-state index in [1.807, 2.05) is 34.0 Å². The Hall–Kier alpha value is -13.7. The molecular weight excluding hydrogens is 1430 g/mol. The van der Waals surface area contributed by atoms with E-state index in [9.17, 15) is 0 Å². The third-order valence-corrected chi connectivity index (χ3v) is 27.1. The molecular formula is C102H63B2N5OS3. The smallest absolute Gasteiger partial charge is 0.256 e. The van der Waals surface area contributed by atoms with E-state index in [2.05, 4.69) is 407 Å². The maximum absolute atomic E-state index is 8.24. The van der Waals surface area contributed by atoms with Gasteiger partial charge in [-0.2, -0.15) is 0 Å². The van der Waals surface area contributed by atoms with E-state index in [1.54, 1.807) is 0 Å². The summed E-state index contributed by atoms with van der Waals surface area (Å²) in [6, 6.07) is 142. The van der Waals surface area contributed by atoms with Crippen LogP contribution in [0, 0.1) is 0 Å². The van der Waals surface area contributed by atoms with Crippen molar-refractivity contribution in [3.63, 3.8) is 0 Å². The fourth-order valence-electron chi connectivity index (χ4n) is 19.0. The van der Waals surface area contributed by atoms with Crippen LogP contribution in [0.3, 0.4) is 0 Å². The number of rotatable bonds is 11. The topological polar surface area (TPSA) is 25.4 Å². The first-order valence-electron chi connectivity index (χ1n) is 38.6. The van der Waals surface area contributed by atoms with Crippen LogP contribution >= 0.6 is 34.0 Å². The third-order valence-electron chi connectivity index (χ3n) is 23.6. The number of benzene rings is 17. The molecule has 7 heterocycles. The van der Waals surface area contributed by atoms with Crippen molar-refractivity contribution < 1.29 is 4.74 Å². The summed E-state index contributed by atoms with van der Waals surface area (Å²) >= 11 is 5.58. The largest absolute Gasteiger partial charge is 0.458 e. The van der Waals surface area contributed by atoms with E-state index < -0.39 is 0 Å². The highest BCUT2D eigenvalue weighted by molar-refractivity contribution is 7.27. The normalized spacial score (nSPS) is 12.9. The van der Waals surface area contributed by atoms with E-state index in [1.165, 1.54) is 82.4 Å². The second-order valence-electron chi connectivity index (χ2n) is 29.7. The molecule has 4 aliphatic rings. The van der Waals surface area contributed by atoms with Crippen molar-refractivity contribution in [2.24, 2.45) is 0 Å². The van der Waals surface area contributed by atoms with Crippen LogP contribution in [0.2, 0.25) is 0 Å². The van der Waals surface area contributed by atoms with Gasteiger partial charge in [0.25, 0.3) is 13.4 Å². The molecule has 0 unspecified atom stereocenters. The Bertz CT molecular complexity index is 7240. The molecule has 0 amide bonds. The number of hydrogen-bond acceptors (Lipinski definition) is 9. The number of ether oxygens (including phenoxy) is 1. The molecule has 3 aromatic heterocycles. The highest BCUT2D eigenvalue weighted by Gasteiger charge is 2.49. The molecule has 24 rings (SSSR count). The van der Waals surface area contributed by atoms with Crippen LogP contribution in [0.5, 0.6) is 11.5 Å². The van der Waals surface area contributed by atoms with Crippen molar-refractivity contribution in [1.29, 1.82) is 0 Å². The second kappa shape index (κ2) is 25.4. The second-order valence-corrected chi connectivity index (χ2v) is 32.9. The van der Waals surface area contributed by atoms with Crippen LogP contribution in [-0.4, -0.2) is 13.4 Å². The van der Waals surface area contributed by atoms with Crippen molar-refractivity contribution in [3.05, 3.63) is 382 Å². The predicted octanol–water partition coefficient (Wildman–Crippen LogP) is 25.6. The van der Waals surface area contributed by atoms with Crippen molar-refractivity contribution in [3.8, 4) is 33.8 Å². The van der Waals surface area contributed by atoms with Gasteiger partial charge in [0, 0.05) is 130 Å². The van der Waals surface area contributed by atoms with E-state index in [0.717, 1.165) is 130 Å². The van der Waals surface area contributed by atoms with Crippen molar-refractivity contribution in [2.45, 2.75) is 0 Å². The summed E-state index contributed by atoms with van der Waals surface area (Å²) < 4.78 is 15.7. The number of anilines is 15. The summed E-state index contributed by atoms with van der Waals surface area (Å²) in [5.41, 5.74) is 27.7. The van der Waals surface area contributed by atoms with Gasteiger partial charge in [-0.25, -0.2) is 0 Å². The Labute approximate surface area is 666 Å². The van der Waals surface area contributed by atoms with E-state index >= 15 is 0 Å². The molecule has 17 aromatic carbocycles. The molecule has 0 spiro atoms. The Morgan fingerprint density at radius 3 is 1.30 bits per heavy atom. The summed E-state index contributed by atoms with van der Waals surface area (Å²) in [6.45, 7) is -0.533. The minimum Gasteiger partial charge on any atom is -0.458 e. The van der Waals surface area contributed by atoms with Crippen LogP contribution in [-0.2, 0) is 0 Å². The van der Waals surface area contributed by atoms with Crippen LogP contribution < -0.4 is 62.0 Å². The number of fused-ring (bicyclic) bond motifs is 17. The van der Waals surface area contributed by atoms with Gasteiger partial charge in [-0.05, 0) is 159 Å². The quantitative estimate of drug-likeness (QED) is 0.120. The van der Waals surface area contributed by atoms with Crippen molar-refractivity contribution in [1.82, 2.24) is 0 Å². The molecule has 0 saturated heterocycles. The summed E-state index contributed by atoms with van der Waals surface area (Å²) in [5, 5.41) is 7.39. The number of thiophene rings is 3. The highest BCUT2D eigenvalue weighted by Crippen LogP contribution is 2.56. The van der Waals surface area contributed by atoms with Gasteiger partial charge in [-0.1, -0.05) is 255 Å². The van der Waals surface area contributed by atoms with Gasteiger partial charge in [0.05, 0.1) is 38.8 Å². The van der Waals surface area contributed by atoms with Crippen LogP contribution in [0.25, 0.3) is 82.8 Å². The van der Waals surface area contributed by atoms with Crippen LogP contribution in [0.15, 0.2) is 382 Å². The monoisotopic (exact) mass is 1490 g/mol. The van der Waals surface area contributed by atoms with Gasteiger partial charge in [0.1, 0.15) is 11.5 Å². The Kier molecular flexibility index (Phi) is 14.5. The maximum Gasteiger partial charge on any atom is 0.256 e. The highest BCUT2D eigenvalue weighted by atomic mass is 32.1. The summed E-state index contributed by atoms with van der Waals surface area (Å²) in [4.78, 5) is 12.8. The predicted molar refractivity (Wildman–Crippen MR) is 485 cm³/mol. The average molecular weight is 1490 g/mol. The number of para-hydroxylation sites is 6. The molecule has 0 saturated carbocycles. The summed E-state index contributed by atoms with van der Waals surface area (Å²) in [5.74, 6) is 1.61. The summed E-state index contributed by atoms with van der Waals surface area (Å²) in [6.07, 6.45) is 0. The molecule has 11 heteroatoms. The zero-order valence-corrected chi connectivity index (χ0v) is 63.3. The SMILES string of the molecule is c1ccc(-c2cccc(-c3ccccc3)c2N(c2ccccc2)c2cc3c4c(c2)N(c2cccc5sc6ccccc6c25)c2ccccc2B4c2cc4c(cc2O3)N(c2cccc3sc5ccccc5c23)c2cc(N(c3ccccc3)c3cccc5c3sc3ccccc35)cc3c2B4c2ccccc2N3c2ccccc2)cc1. The molecule has 20 aromatic rings. The van der Waals surface area contributed by atoms with Crippen LogP contribution in [0.4, 0.5) is 85.3 Å². The standard InChI is InChI=1S/C102H63B2N5OS3/c1-6-30-64(31-7-1)71-43-26-44-72(65-32-8-2-9-33-65)101(71)106(67-36-12-4-13-37-67)70-60-89-100-91(61-70)110-90-63-86-79(62-80(90)104(100)78-47-20-22-49-82(78)108(89)83-50-28-56-95-97(83)75-41-17-24-54-93(75)111-95)103-77-46-19-21-48-81(77)107(68-38-14-5-15-39-68)87-58-69(59-88(99(87)103)109(86)84-51-29-57-96-98(84)76-42-18-25-55-94(76)112-96)105(66-34-10-3-11-35-66)85-52-27-45-74-73-40-16-23-53-92(73)113-102(74)85/h1-63H. The Morgan fingerprint density at radius 2 is 0.690 bits per heavy atom. The third kappa shape index (κ3) is 9.79. The van der Waals surface area contributed by atoms with Gasteiger partial charge in [-0.15, -0.1) is 34.0 Å². The lowest BCUT2D eigenvalue weighted by Crippen LogP contribution is -2.64. The van der Waals surface area contributed by atoms with Crippen LogP contribution in [0.1, 0.15) is 0 Å². The fraction of sp³-hybridized carbons (Fsp3) is 0. The zero-order valence-electron chi connectivity index (χ0n) is 60.9. The maximum atomic E-state index is 8.24. The number of hydrogen-bond donors (Lipinski definition) is 0. The minimum atomic E-state index is -0.285. The van der Waals surface area contributed by atoms with Gasteiger partial charge < -0.3 is 29.2 Å². The van der Waals surface area contributed by atoms with Gasteiger partial charge >= 0.3 is 0 Å². The van der Waals surface area contributed by atoms with Crippen molar-refractivity contribution in [2.75, 3.05) is 24.5 Å². The molecule has 4 aliphatic heterocycles. The molecule has 0 aliphatic carbocycles. The van der Waals surface area contributed by atoms with E-state index in [0.29, 0.717) is 0 Å². The van der Waals surface area contributed by atoms with Gasteiger partial charge in [-0.3, -0.25) is 0 Å². The lowest BCUT2D eigenvalue weighted by Gasteiger charge is -2.46.